The number of benzene rings is 2. The molecule has 7 amide bonds. The van der Waals surface area contributed by atoms with E-state index in [4.69, 9.17) is 10.7 Å². The lowest BCUT2D eigenvalue weighted by Crippen LogP contribution is -2.56. The number of halogens is 2. The van der Waals surface area contributed by atoms with Gasteiger partial charge in [-0.1, -0.05) is 71.4 Å². The van der Waals surface area contributed by atoms with Gasteiger partial charge >= 0.3 is 5.97 Å². The minimum absolute atomic E-state index is 0.0180. The molecule has 1 aromatic heterocycles. The second-order valence-corrected chi connectivity index (χ2v) is 19.3. The van der Waals surface area contributed by atoms with E-state index in [1.807, 2.05) is 51.1 Å². The van der Waals surface area contributed by atoms with Gasteiger partial charge in [0.15, 0.2) is 0 Å². The fraction of sp³-hybridized carbons (Fsp3) is 0.510. The molecule has 2 aromatic carbocycles. The molecule has 0 radical (unpaired) electrons. The zero-order valence-corrected chi connectivity index (χ0v) is 41.8. The van der Waals surface area contributed by atoms with Gasteiger partial charge < -0.3 is 46.7 Å². The number of aliphatic hydroxyl groups excluding tert-OH is 1. The third-order valence-corrected chi connectivity index (χ3v) is 12.1. The molecule has 0 spiro atoms. The van der Waals surface area contributed by atoms with Crippen molar-refractivity contribution in [3.63, 3.8) is 0 Å². The average molecular weight is 1010 g/mol. The Hall–Kier alpha value is -6.87. The molecule has 19 nitrogen and oxygen atoms in total. The summed E-state index contributed by atoms with van der Waals surface area (Å²) in [7, 11) is 0. The van der Waals surface area contributed by atoms with Gasteiger partial charge in [0.25, 0.3) is 11.8 Å². The fourth-order valence-corrected chi connectivity index (χ4v) is 8.17. The zero-order chi connectivity index (χ0) is 53.3. The molecule has 2 heterocycles. The third kappa shape index (κ3) is 16.9. The van der Waals surface area contributed by atoms with Crippen LogP contribution in [0.15, 0.2) is 66.9 Å². The highest BCUT2D eigenvalue weighted by Gasteiger charge is 2.39. The summed E-state index contributed by atoms with van der Waals surface area (Å²) < 4.78 is 31.2. The molecule has 4 rings (SSSR count). The smallest absolute Gasteiger partial charge is 0.326 e. The highest BCUT2D eigenvalue weighted by Crippen LogP contribution is 2.39. The highest BCUT2D eigenvalue weighted by atomic mass is 19.1. The Bertz CT molecular complexity index is 2410. The van der Waals surface area contributed by atoms with Crippen molar-refractivity contribution in [1.29, 1.82) is 0 Å². The van der Waals surface area contributed by atoms with Crippen molar-refractivity contribution in [3.05, 3.63) is 89.9 Å². The molecule has 0 bridgehead atoms. The highest BCUT2D eigenvalue weighted by molar-refractivity contribution is 6.12. The van der Waals surface area contributed by atoms with Gasteiger partial charge in [0.2, 0.25) is 29.5 Å². The second kappa shape index (κ2) is 27.1. The molecular formula is C51H69F2N9O10. The summed E-state index contributed by atoms with van der Waals surface area (Å²) in [5.41, 5.74) is 6.48. The quantitative estimate of drug-likeness (QED) is 0.0407. The van der Waals surface area contributed by atoms with Gasteiger partial charge in [0.1, 0.15) is 42.2 Å². The molecule has 1 aliphatic rings. The van der Waals surface area contributed by atoms with Crippen molar-refractivity contribution in [2.75, 3.05) is 26.2 Å². The van der Waals surface area contributed by atoms with Gasteiger partial charge in [-0.15, -0.1) is 0 Å². The number of unbranched alkanes of at least 4 members (excludes halogenated alkanes) is 3. The number of nitrogens with zero attached hydrogens (tertiary/aromatic N) is 4. The number of imidazole rings is 1. The summed E-state index contributed by atoms with van der Waals surface area (Å²) >= 11 is 0. The van der Waals surface area contributed by atoms with Gasteiger partial charge in [0.05, 0.1) is 17.8 Å². The molecular weight excluding hydrogens is 937 g/mol. The number of carbonyl (C=O) groups is 8. The summed E-state index contributed by atoms with van der Waals surface area (Å²) in [5.74, 6) is -6.49. The normalized spacial score (nSPS) is 14.6. The number of nitrogens with one attached hydrogen (secondary N) is 4. The van der Waals surface area contributed by atoms with E-state index in [-0.39, 0.29) is 80.9 Å². The number of carboxylic acid groups (broad SMARTS) is 1. The van der Waals surface area contributed by atoms with E-state index in [1.165, 1.54) is 24.0 Å². The van der Waals surface area contributed by atoms with Crippen LogP contribution in [0.3, 0.4) is 0 Å². The lowest BCUT2D eigenvalue weighted by Gasteiger charge is -2.40. The third-order valence-electron chi connectivity index (χ3n) is 12.1. The molecule has 0 saturated heterocycles. The molecule has 1 unspecified atom stereocenters. The monoisotopic (exact) mass is 1010 g/mol. The number of nitrogens with two attached hydrogens (primary N) is 1. The first kappa shape index (κ1) is 57.7. The Morgan fingerprint density at radius 1 is 0.833 bits per heavy atom. The lowest BCUT2D eigenvalue weighted by molar-refractivity contribution is -0.142. The SMILES string of the molecule is CC(C)C(NC(=O)CCCCCN1C(=O)C=CC1=O)C(=O)N[C@@H](C)C(=O)N[C@@H](CCCCNC(=O)[C@@H](N)CCN(C(=O)CO)[C@@H](c1nc(-c2cc(F)ccc2F)cn1Cc1ccccc1)C(C)(C)C)C(=O)O. The predicted molar refractivity (Wildman–Crippen MR) is 262 cm³/mol. The first-order chi connectivity index (χ1) is 34.0. The van der Waals surface area contributed by atoms with E-state index in [9.17, 15) is 53.0 Å². The van der Waals surface area contributed by atoms with Crippen LogP contribution in [0.1, 0.15) is 110 Å². The van der Waals surface area contributed by atoms with Crippen LogP contribution in [0, 0.1) is 23.0 Å². The number of carboxylic acids is 1. The Morgan fingerprint density at radius 3 is 2.14 bits per heavy atom. The van der Waals surface area contributed by atoms with Crippen LogP contribution in [-0.2, 0) is 44.9 Å². The number of imide groups is 1. The van der Waals surface area contributed by atoms with E-state index in [1.54, 1.807) is 24.6 Å². The van der Waals surface area contributed by atoms with Gasteiger partial charge in [-0.2, -0.15) is 0 Å². The summed E-state index contributed by atoms with van der Waals surface area (Å²) in [6.07, 6.45) is 6.09. The molecule has 72 heavy (non-hydrogen) atoms. The molecule has 1 aliphatic heterocycles. The Kier molecular flexibility index (Phi) is 21.7. The van der Waals surface area contributed by atoms with Crippen LogP contribution < -0.4 is 27.0 Å². The van der Waals surface area contributed by atoms with Crippen molar-refractivity contribution in [2.45, 2.75) is 130 Å². The molecule has 0 aliphatic carbocycles. The van der Waals surface area contributed by atoms with E-state index in [0.29, 0.717) is 31.5 Å². The van der Waals surface area contributed by atoms with E-state index in [0.717, 1.165) is 28.7 Å². The molecule has 8 N–H and O–H groups in total. The standard InChI is InChI=1S/C51H69F2N9O10/c1-31(2)44(59-40(64)18-11-8-14-25-61-41(65)21-22-42(61)66)49(70)56-32(3)47(68)58-38(50(71)72)17-12-13-24-55-48(69)37(54)23-26-62(43(67)30-63)45(51(4,5)6)46-57-39(35-27-34(52)19-20-36(35)53)29-60(46)28-33-15-9-7-10-16-33/h7,9-10,15-16,19-22,27,29,31-32,37-38,44-45,63H,8,11-14,17-18,23-26,28,30,54H2,1-6H3,(H,55,69)(H,56,70)(H,58,68)(H,59,64)(H,71,72)/t32-,37-,38-,44?,45-/m0/s1. The number of aliphatic carboxylic acids is 1. The molecule has 0 fully saturated rings. The number of aliphatic hydroxyl groups is 1. The topological polar surface area (TPSA) is 275 Å². The number of hydrogen-bond acceptors (Lipinski definition) is 11. The van der Waals surface area contributed by atoms with Gasteiger partial charge in [-0.3, -0.25) is 38.5 Å². The van der Waals surface area contributed by atoms with Crippen LogP contribution >= 0.6 is 0 Å². The second-order valence-electron chi connectivity index (χ2n) is 19.3. The number of amides is 7. The maximum absolute atomic E-state index is 15.1. The van der Waals surface area contributed by atoms with Crippen LogP contribution in [0.5, 0.6) is 0 Å². The fourth-order valence-electron chi connectivity index (χ4n) is 8.17. The largest absolute Gasteiger partial charge is 0.480 e. The molecule has 0 saturated carbocycles. The maximum Gasteiger partial charge on any atom is 0.326 e. The summed E-state index contributed by atoms with van der Waals surface area (Å²) in [4.78, 5) is 108. The zero-order valence-electron chi connectivity index (χ0n) is 41.8. The summed E-state index contributed by atoms with van der Waals surface area (Å²) in [6.45, 7) is 10.0. The Morgan fingerprint density at radius 2 is 1.51 bits per heavy atom. The van der Waals surface area contributed by atoms with Gasteiger partial charge in [-0.05, 0) is 80.5 Å². The minimum Gasteiger partial charge on any atom is -0.480 e. The Labute approximate surface area is 418 Å². The van der Waals surface area contributed by atoms with Crippen molar-refractivity contribution in [3.8, 4) is 11.3 Å². The number of carbonyl (C=O) groups excluding carboxylic acids is 7. The number of aromatic nitrogens is 2. The van der Waals surface area contributed by atoms with Crippen LogP contribution in [0.25, 0.3) is 11.3 Å². The molecule has 21 heteroatoms. The van der Waals surface area contributed by atoms with E-state index >= 15 is 4.39 Å². The maximum atomic E-state index is 15.1. The summed E-state index contributed by atoms with van der Waals surface area (Å²) in [6, 6.07) is 6.91. The van der Waals surface area contributed by atoms with Crippen LogP contribution in [0.4, 0.5) is 8.78 Å². The van der Waals surface area contributed by atoms with Crippen molar-refractivity contribution < 1.29 is 57.4 Å². The first-order valence-electron chi connectivity index (χ1n) is 24.2. The van der Waals surface area contributed by atoms with Gasteiger partial charge in [0, 0.05) is 56.5 Å². The van der Waals surface area contributed by atoms with Crippen LogP contribution in [0.2, 0.25) is 0 Å². The van der Waals surface area contributed by atoms with Crippen molar-refractivity contribution >= 4 is 47.3 Å². The van der Waals surface area contributed by atoms with Crippen molar-refractivity contribution in [2.24, 2.45) is 17.1 Å². The lowest BCUT2D eigenvalue weighted by atomic mass is 9.84. The van der Waals surface area contributed by atoms with Crippen LogP contribution in [-0.4, -0.2) is 127 Å². The molecule has 5 atom stereocenters. The summed E-state index contributed by atoms with van der Waals surface area (Å²) in [5, 5.41) is 30.4. The number of rotatable bonds is 28. The molecule has 3 aromatic rings. The van der Waals surface area contributed by atoms with E-state index in [2.05, 4.69) is 21.3 Å². The van der Waals surface area contributed by atoms with E-state index < -0.39 is 89.4 Å². The minimum atomic E-state index is -1.33. The average Bonchev–Trinajstić information content (AvgIpc) is 3.88. The molecule has 392 valence electrons. The Balaban J connectivity index is 1.28. The van der Waals surface area contributed by atoms with Crippen molar-refractivity contribution in [1.82, 2.24) is 40.6 Å². The predicted octanol–water partition coefficient (Wildman–Crippen LogP) is 3.49. The van der Waals surface area contributed by atoms with Gasteiger partial charge in [-0.25, -0.2) is 18.6 Å². The number of hydrogen-bond donors (Lipinski definition) is 7. The first-order valence-corrected chi connectivity index (χ1v) is 24.2.